The standard InChI is InChI=1S/C14H21N3O/c1-3-16-5-7-17(8-6-16)14-12-4-9-18-13(12)11(2)10-15-14/h10H,3-9H2,1-2H3. The normalized spacial score (nSPS) is 19.8. The number of hydrogen-bond acceptors (Lipinski definition) is 4. The molecule has 0 spiro atoms. The highest BCUT2D eigenvalue weighted by atomic mass is 16.5. The summed E-state index contributed by atoms with van der Waals surface area (Å²) in [5.74, 6) is 2.24. The van der Waals surface area contributed by atoms with E-state index in [0.29, 0.717) is 0 Å². The molecule has 1 fully saturated rings. The van der Waals surface area contributed by atoms with Crippen molar-refractivity contribution in [2.24, 2.45) is 0 Å². The average molecular weight is 247 g/mol. The van der Waals surface area contributed by atoms with Gasteiger partial charge in [-0.3, -0.25) is 0 Å². The monoisotopic (exact) mass is 247 g/mol. The first-order chi connectivity index (χ1) is 8.79. The third-order valence-electron chi connectivity index (χ3n) is 4.00. The number of fused-ring (bicyclic) bond motifs is 1. The Morgan fingerprint density at radius 1 is 1.28 bits per heavy atom. The smallest absolute Gasteiger partial charge is 0.135 e. The van der Waals surface area contributed by atoms with Crippen LogP contribution in [0.2, 0.25) is 0 Å². The van der Waals surface area contributed by atoms with Crippen LogP contribution in [0.25, 0.3) is 0 Å². The number of nitrogens with zero attached hydrogens (tertiary/aromatic N) is 3. The van der Waals surface area contributed by atoms with Crippen LogP contribution in [-0.4, -0.2) is 49.2 Å². The summed E-state index contributed by atoms with van der Waals surface area (Å²) in [5, 5.41) is 0. The van der Waals surface area contributed by atoms with E-state index in [1.54, 1.807) is 0 Å². The molecular formula is C14H21N3O. The summed E-state index contributed by atoms with van der Waals surface area (Å²) in [6.07, 6.45) is 2.96. The number of anilines is 1. The summed E-state index contributed by atoms with van der Waals surface area (Å²) in [6, 6.07) is 0. The summed E-state index contributed by atoms with van der Waals surface area (Å²) in [4.78, 5) is 9.56. The van der Waals surface area contributed by atoms with E-state index in [-0.39, 0.29) is 0 Å². The topological polar surface area (TPSA) is 28.6 Å². The zero-order valence-electron chi connectivity index (χ0n) is 11.3. The van der Waals surface area contributed by atoms with Crippen LogP contribution in [0.5, 0.6) is 5.75 Å². The van der Waals surface area contributed by atoms with Gasteiger partial charge in [0.1, 0.15) is 11.6 Å². The molecule has 18 heavy (non-hydrogen) atoms. The predicted octanol–water partition coefficient (Wildman–Crippen LogP) is 1.47. The second kappa shape index (κ2) is 4.76. The van der Waals surface area contributed by atoms with Gasteiger partial charge in [-0.2, -0.15) is 0 Å². The molecule has 3 rings (SSSR count). The molecule has 0 amide bonds. The lowest BCUT2D eigenvalue weighted by Crippen LogP contribution is -2.46. The second-order valence-electron chi connectivity index (χ2n) is 5.09. The van der Waals surface area contributed by atoms with Crippen LogP contribution >= 0.6 is 0 Å². The Hall–Kier alpha value is -1.29. The minimum absolute atomic E-state index is 0.809. The molecular weight excluding hydrogens is 226 g/mol. The lowest BCUT2D eigenvalue weighted by atomic mass is 10.1. The highest BCUT2D eigenvalue weighted by Crippen LogP contribution is 2.35. The van der Waals surface area contributed by atoms with E-state index in [0.717, 1.165) is 57.3 Å². The van der Waals surface area contributed by atoms with Crippen LogP contribution in [0.4, 0.5) is 5.82 Å². The maximum atomic E-state index is 5.73. The van der Waals surface area contributed by atoms with E-state index in [9.17, 15) is 0 Å². The number of piperazine rings is 1. The minimum Gasteiger partial charge on any atom is -0.492 e. The fourth-order valence-electron chi connectivity index (χ4n) is 2.86. The first-order valence-corrected chi connectivity index (χ1v) is 6.88. The number of hydrogen-bond donors (Lipinski definition) is 0. The third-order valence-corrected chi connectivity index (χ3v) is 4.00. The second-order valence-corrected chi connectivity index (χ2v) is 5.09. The molecule has 0 atom stereocenters. The summed E-state index contributed by atoms with van der Waals surface area (Å²) in [7, 11) is 0. The van der Waals surface area contributed by atoms with Crippen molar-refractivity contribution >= 4 is 5.82 Å². The van der Waals surface area contributed by atoms with E-state index >= 15 is 0 Å². The van der Waals surface area contributed by atoms with Crippen molar-refractivity contribution in [3.05, 3.63) is 17.3 Å². The maximum absolute atomic E-state index is 5.73. The zero-order chi connectivity index (χ0) is 12.5. The highest BCUT2D eigenvalue weighted by molar-refractivity contribution is 5.58. The Kier molecular flexibility index (Phi) is 3.12. The predicted molar refractivity (Wildman–Crippen MR) is 72.5 cm³/mol. The van der Waals surface area contributed by atoms with E-state index < -0.39 is 0 Å². The molecule has 2 aliphatic heterocycles. The van der Waals surface area contributed by atoms with E-state index in [1.165, 1.54) is 11.1 Å². The maximum Gasteiger partial charge on any atom is 0.135 e. The Bertz CT molecular complexity index is 439. The molecule has 4 nitrogen and oxygen atoms in total. The molecule has 1 aromatic rings. The van der Waals surface area contributed by atoms with Gasteiger partial charge in [-0.05, 0) is 13.5 Å². The van der Waals surface area contributed by atoms with Crippen LogP contribution in [-0.2, 0) is 6.42 Å². The molecule has 0 unspecified atom stereocenters. The van der Waals surface area contributed by atoms with Crippen LogP contribution in [0.3, 0.4) is 0 Å². The van der Waals surface area contributed by atoms with Crippen molar-refractivity contribution in [3.8, 4) is 5.75 Å². The van der Waals surface area contributed by atoms with Gasteiger partial charge in [0.05, 0.1) is 6.61 Å². The number of aromatic nitrogens is 1. The van der Waals surface area contributed by atoms with Crippen molar-refractivity contribution in [1.29, 1.82) is 0 Å². The fourth-order valence-corrected chi connectivity index (χ4v) is 2.86. The van der Waals surface area contributed by atoms with Crippen molar-refractivity contribution in [2.45, 2.75) is 20.3 Å². The summed E-state index contributed by atoms with van der Waals surface area (Å²) >= 11 is 0. The summed E-state index contributed by atoms with van der Waals surface area (Å²) in [6.45, 7) is 10.7. The molecule has 0 N–H and O–H groups in total. The molecule has 0 bridgehead atoms. The largest absolute Gasteiger partial charge is 0.492 e. The van der Waals surface area contributed by atoms with Crippen LogP contribution in [0.1, 0.15) is 18.1 Å². The van der Waals surface area contributed by atoms with Gasteiger partial charge in [0.25, 0.3) is 0 Å². The molecule has 0 aromatic carbocycles. The lowest BCUT2D eigenvalue weighted by Gasteiger charge is -2.35. The summed E-state index contributed by atoms with van der Waals surface area (Å²) in [5.41, 5.74) is 2.48. The summed E-state index contributed by atoms with van der Waals surface area (Å²) < 4.78 is 5.73. The SMILES string of the molecule is CCN1CCN(c2ncc(C)c3c2CCO3)CC1. The molecule has 98 valence electrons. The molecule has 1 aromatic heterocycles. The molecule has 0 radical (unpaired) electrons. The van der Waals surface area contributed by atoms with Gasteiger partial charge in [-0.15, -0.1) is 0 Å². The van der Waals surface area contributed by atoms with E-state index in [1.807, 2.05) is 6.20 Å². The zero-order valence-corrected chi connectivity index (χ0v) is 11.3. The van der Waals surface area contributed by atoms with Crippen molar-refractivity contribution in [3.63, 3.8) is 0 Å². The Morgan fingerprint density at radius 2 is 2.06 bits per heavy atom. The van der Waals surface area contributed by atoms with Crippen molar-refractivity contribution in [1.82, 2.24) is 9.88 Å². The molecule has 0 aliphatic carbocycles. The van der Waals surface area contributed by atoms with E-state index in [4.69, 9.17) is 4.74 Å². The molecule has 3 heterocycles. The van der Waals surface area contributed by atoms with Gasteiger partial charge in [0.15, 0.2) is 0 Å². The number of likely N-dealkylation sites (N-methyl/N-ethyl adjacent to an activating group) is 1. The number of rotatable bonds is 2. The molecule has 1 saturated heterocycles. The number of ether oxygens (including phenoxy) is 1. The van der Waals surface area contributed by atoms with Gasteiger partial charge in [-0.1, -0.05) is 6.92 Å². The highest BCUT2D eigenvalue weighted by Gasteiger charge is 2.25. The molecule has 4 heteroatoms. The molecule has 2 aliphatic rings. The first kappa shape index (κ1) is 11.8. The Balaban J connectivity index is 1.83. The van der Waals surface area contributed by atoms with Crippen LogP contribution < -0.4 is 9.64 Å². The number of aryl methyl sites for hydroxylation is 1. The van der Waals surface area contributed by atoms with Gasteiger partial charge in [-0.25, -0.2) is 4.98 Å². The van der Waals surface area contributed by atoms with Crippen LogP contribution in [0.15, 0.2) is 6.20 Å². The van der Waals surface area contributed by atoms with Gasteiger partial charge in [0.2, 0.25) is 0 Å². The van der Waals surface area contributed by atoms with Crippen molar-refractivity contribution in [2.75, 3.05) is 44.2 Å². The average Bonchev–Trinajstić information content (AvgIpc) is 2.90. The van der Waals surface area contributed by atoms with Gasteiger partial charge in [0, 0.05) is 49.9 Å². The number of pyridine rings is 1. The van der Waals surface area contributed by atoms with Crippen molar-refractivity contribution < 1.29 is 4.74 Å². The lowest BCUT2D eigenvalue weighted by molar-refractivity contribution is 0.270. The first-order valence-electron chi connectivity index (χ1n) is 6.88. The van der Waals surface area contributed by atoms with E-state index in [2.05, 4.69) is 28.6 Å². The third kappa shape index (κ3) is 1.94. The Morgan fingerprint density at radius 3 is 2.78 bits per heavy atom. The Labute approximate surface area is 109 Å². The van der Waals surface area contributed by atoms with Crippen LogP contribution in [0, 0.1) is 6.92 Å². The quantitative estimate of drug-likeness (QED) is 0.791. The van der Waals surface area contributed by atoms with Gasteiger partial charge < -0.3 is 14.5 Å². The fraction of sp³-hybridized carbons (Fsp3) is 0.643. The van der Waals surface area contributed by atoms with Gasteiger partial charge >= 0.3 is 0 Å². The minimum atomic E-state index is 0.809. The molecule has 0 saturated carbocycles.